The Morgan fingerprint density at radius 2 is 0.646 bits per heavy atom. The highest BCUT2D eigenvalue weighted by Crippen LogP contribution is 2.25. The van der Waals surface area contributed by atoms with Gasteiger partial charge in [-0.2, -0.15) is 21.9 Å². The van der Waals surface area contributed by atoms with Gasteiger partial charge in [0.05, 0.1) is 74.1 Å². The quantitative estimate of drug-likeness (QED) is 0.0218. The monoisotopic (exact) mass is 1140 g/mol. The van der Waals surface area contributed by atoms with E-state index >= 15 is 0 Å². The van der Waals surface area contributed by atoms with Crippen LogP contribution in [0.4, 0.5) is 0 Å². The Hall–Kier alpha value is -5.79. The molecule has 1 heterocycles. The molecule has 12 nitrogen and oxygen atoms in total. The van der Waals surface area contributed by atoms with Gasteiger partial charge in [-0.3, -0.25) is 24.0 Å². The normalized spacial score (nSPS) is 13.2. The minimum absolute atomic E-state index is 0.0497. The summed E-state index contributed by atoms with van der Waals surface area (Å²) >= 11 is 0. The maximum atomic E-state index is 11.8. The zero-order valence-electron chi connectivity index (χ0n) is 54.1. The summed E-state index contributed by atoms with van der Waals surface area (Å²) in [5.41, 5.74) is 3.39. The lowest BCUT2D eigenvalue weighted by atomic mass is 9.13. The highest BCUT2D eigenvalue weighted by atomic mass is 16.6. The zero-order valence-corrected chi connectivity index (χ0v) is 54.1. The van der Waals surface area contributed by atoms with Crippen molar-refractivity contribution in [1.82, 2.24) is 0 Å². The Morgan fingerprint density at radius 3 is 0.890 bits per heavy atom. The SMILES string of the molecule is CCC(C)(C)C(=O)OC.CCC(C)(C)C(=O)OCCC[N+]1(C)CCCCC1.CCC(C)(C)C(=O)OCCOC.CCC(C)(C)C(=O)OCCOC(=O)C(C)(C)CC.c1ccc([B-](c2ccccc2)(c2ccccc2)c2ccccc2)cc1. The number of benzene rings is 4. The van der Waals surface area contributed by atoms with Gasteiger partial charge in [0.1, 0.15) is 26.0 Å². The van der Waals surface area contributed by atoms with Gasteiger partial charge in [0.15, 0.2) is 0 Å². The molecule has 0 unspecified atom stereocenters. The molecule has 13 heteroatoms. The van der Waals surface area contributed by atoms with Crippen LogP contribution in [0, 0.1) is 27.1 Å². The molecule has 5 rings (SSSR count). The number of hydrogen-bond donors (Lipinski definition) is 0. The van der Waals surface area contributed by atoms with Gasteiger partial charge in [-0.15, -0.1) is 0 Å². The highest BCUT2D eigenvalue weighted by molar-refractivity contribution is 7.19. The number of esters is 5. The molecule has 1 aliphatic rings. The molecule has 0 amide bonds. The van der Waals surface area contributed by atoms with E-state index in [1.54, 1.807) is 7.11 Å². The molecular formula is C69H108BNO11. The maximum Gasteiger partial charge on any atom is 0.311 e. The molecule has 1 fully saturated rings. The van der Waals surface area contributed by atoms with Crippen LogP contribution >= 0.6 is 0 Å². The summed E-state index contributed by atoms with van der Waals surface area (Å²) < 4.78 is 31.0. The van der Waals surface area contributed by atoms with E-state index in [1.165, 1.54) is 61.3 Å². The number of hydrogen-bond acceptors (Lipinski definition) is 11. The van der Waals surface area contributed by atoms with E-state index in [9.17, 15) is 24.0 Å². The van der Waals surface area contributed by atoms with E-state index in [0.717, 1.165) is 36.7 Å². The Kier molecular flexibility index (Phi) is 33.2. The standard InChI is InChI=1S/C24H20B.C15H30NO2.C14H26O4.C9H18O3.C7H14O2/c1-5-13-21(14-6-1)25(22-15-7-2-8-16-22,23-17-9-3-10-18-23)24-19-11-4-12-20-24;1-5-15(2,3)14(17)18-13-9-12-16(4)10-7-6-8-11-16;1-7-13(3,4)11(15)17-9-10-18-12(16)14(5,6)8-2;1-5-9(2,3)8(10)12-7-6-11-4;1-5-7(2,3)6(8)9-4/h1-20H;5-13H2,1-4H3;7-10H2,1-6H3;5-7H2,1-4H3;5H2,1-4H3/q-1;+1;;;. The molecule has 0 radical (unpaired) electrons. The number of carbonyl (C=O) groups is 5. The van der Waals surface area contributed by atoms with Crippen LogP contribution in [0.5, 0.6) is 0 Å². The van der Waals surface area contributed by atoms with E-state index in [1.807, 2.05) is 104 Å². The first-order chi connectivity index (χ1) is 38.6. The molecule has 82 heavy (non-hydrogen) atoms. The first kappa shape index (κ1) is 74.2. The number of quaternary nitrogens is 1. The zero-order chi connectivity index (χ0) is 62.1. The third-order valence-electron chi connectivity index (χ3n) is 16.6. The van der Waals surface area contributed by atoms with Gasteiger partial charge in [0, 0.05) is 13.5 Å². The first-order valence-corrected chi connectivity index (χ1v) is 30.0. The van der Waals surface area contributed by atoms with Gasteiger partial charge >= 0.3 is 29.8 Å². The van der Waals surface area contributed by atoms with Gasteiger partial charge in [0.2, 0.25) is 0 Å². The second kappa shape index (κ2) is 36.7. The van der Waals surface area contributed by atoms with Crippen molar-refractivity contribution >= 4 is 57.8 Å². The molecule has 1 aliphatic heterocycles. The maximum absolute atomic E-state index is 11.8. The Balaban J connectivity index is 0.000000535. The van der Waals surface area contributed by atoms with Gasteiger partial charge in [-0.25, -0.2) is 0 Å². The van der Waals surface area contributed by atoms with Gasteiger partial charge < -0.3 is 32.9 Å². The molecule has 458 valence electrons. The van der Waals surface area contributed by atoms with Gasteiger partial charge in [0.25, 0.3) is 0 Å². The van der Waals surface area contributed by atoms with E-state index in [0.29, 0.717) is 32.7 Å². The van der Waals surface area contributed by atoms with E-state index < -0.39 is 17.0 Å². The van der Waals surface area contributed by atoms with Crippen molar-refractivity contribution in [2.75, 3.05) is 73.9 Å². The second-order valence-electron chi connectivity index (χ2n) is 24.9. The Labute approximate surface area is 496 Å². The lowest BCUT2D eigenvalue weighted by Gasteiger charge is -2.44. The Morgan fingerprint density at radius 1 is 0.390 bits per heavy atom. The smallest absolute Gasteiger partial charge is 0.311 e. The molecule has 0 atom stereocenters. The van der Waals surface area contributed by atoms with Crippen LogP contribution in [0.1, 0.15) is 162 Å². The van der Waals surface area contributed by atoms with Crippen LogP contribution < -0.4 is 21.9 Å². The largest absolute Gasteiger partial charge is 0.469 e. The molecule has 4 aromatic rings. The van der Waals surface area contributed by atoms with Crippen molar-refractivity contribution in [3.8, 4) is 0 Å². The van der Waals surface area contributed by atoms with Crippen molar-refractivity contribution in [3.63, 3.8) is 0 Å². The van der Waals surface area contributed by atoms with Crippen LogP contribution in [0.3, 0.4) is 0 Å². The predicted molar refractivity (Wildman–Crippen MR) is 337 cm³/mol. The number of rotatable bonds is 24. The fraction of sp³-hybridized carbons (Fsp3) is 0.580. The minimum Gasteiger partial charge on any atom is -0.469 e. The lowest BCUT2D eigenvalue weighted by Crippen LogP contribution is -2.74. The molecule has 0 bridgehead atoms. The summed E-state index contributed by atoms with van der Waals surface area (Å²) in [5, 5.41) is 0. The van der Waals surface area contributed by atoms with E-state index in [2.05, 4.69) is 133 Å². The first-order valence-electron chi connectivity index (χ1n) is 30.0. The van der Waals surface area contributed by atoms with Crippen LogP contribution in [-0.2, 0) is 52.4 Å². The van der Waals surface area contributed by atoms with Crippen molar-refractivity contribution in [3.05, 3.63) is 121 Å². The fourth-order valence-electron chi connectivity index (χ4n) is 8.50. The number of methoxy groups -OCH3 is 2. The van der Waals surface area contributed by atoms with E-state index in [-0.39, 0.29) is 59.3 Å². The van der Waals surface area contributed by atoms with Crippen molar-refractivity contribution in [1.29, 1.82) is 0 Å². The molecule has 0 aromatic heterocycles. The summed E-state index contributed by atoms with van der Waals surface area (Å²) in [6.45, 7) is 33.9. The molecule has 0 saturated carbocycles. The average Bonchev–Trinajstić information content (AvgIpc) is 1.95. The van der Waals surface area contributed by atoms with E-state index in [4.69, 9.17) is 23.7 Å². The van der Waals surface area contributed by atoms with Crippen LogP contribution in [-0.4, -0.2) is 114 Å². The fourth-order valence-corrected chi connectivity index (χ4v) is 8.50. The summed E-state index contributed by atoms with van der Waals surface area (Å²) in [6.07, 6.45) is 7.72. The third-order valence-corrected chi connectivity index (χ3v) is 16.6. The van der Waals surface area contributed by atoms with Gasteiger partial charge in [-0.1, -0.05) is 156 Å². The topological polar surface area (TPSA) is 141 Å². The third kappa shape index (κ3) is 24.6. The molecule has 1 saturated heterocycles. The summed E-state index contributed by atoms with van der Waals surface area (Å²) in [4.78, 5) is 57.2. The Bertz CT molecular complexity index is 2220. The number of piperidine rings is 1. The molecular weight excluding hydrogens is 1030 g/mol. The molecule has 0 spiro atoms. The predicted octanol–water partition coefficient (Wildman–Crippen LogP) is 12.2. The number of ether oxygens (including phenoxy) is 6. The lowest BCUT2D eigenvalue weighted by molar-refractivity contribution is -0.914. The number of likely N-dealkylation sites (tertiary alicyclic amines) is 1. The molecule has 0 N–H and O–H groups in total. The summed E-state index contributed by atoms with van der Waals surface area (Å²) in [5.74, 6) is -0.843. The van der Waals surface area contributed by atoms with Crippen molar-refractivity contribution in [2.24, 2.45) is 27.1 Å². The minimum atomic E-state index is -1.22. The van der Waals surface area contributed by atoms with Crippen LogP contribution in [0.2, 0.25) is 0 Å². The van der Waals surface area contributed by atoms with Crippen LogP contribution in [0.25, 0.3) is 0 Å². The van der Waals surface area contributed by atoms with Crippen molar-refractivity contribution < 1.29 is 56.9 Å². The molecule has 4 aromatic carbocycles. The summed E-state index contributed by atoms with van der Waals surface area (Å²) in [6, 6.07) is 43.5. The van der Waals surface area contributed by atoms with Crippen molar-refractivity contribution in [2.45, 2.75) is 162 Å². The summed E-state index contributed by atoms with van der Waals surface area (Å²) in [7, 11) is 5.33. The highest BCUT2D eigenvalue weighted by Gasteiger charge is 2.33. The number of carbonyl (C=O) groups excluding carboxylic acids is 5. The molecule has 0 aliphatic carbocycles. The van der Waals surface area contributed by atoms with Gasteiger partial charge in [-0.05, 0) is 121 Å². The van der Waals surface area contributed by atoms with Crippen LogP contribution in [0.15, 0.2) is 121 Å². The second-order valence-corrected chi connectivity index (χ2v) is 24.9. The average molecular weight is 1140 g/mol. The number of nitrogens with zero attached hydrogens (tertiary/aromatic N) is 1.